The van der Waals surface area contributed by atoms with Crippen LogP contribution < -0.4 is 5.32 Å². The van der Waals surface area contributed by atoms with E-state index in [1.807, 2.05) is 0 Å². The van der Waals surface area contributed by atoms with Gasteiger partial charge < -0.3 is 20.1 Å². The topological polar surface area (TPSA) is 125 Å². The number of fused-ring (bicyclic) bond motifs is 1. The molecule has 1 fully saturated rings. The Balaban J connectivity index is 1.79. The molecule has 3 heterocycles. The van der Waals surface area contributed by atoms with Crippen LogP contribution in [-0.4, -0.2) is 61.6 Å². The summed E-state index contributed by atoms with van der Waals surface area (Å²) in [6.45, 7) is 1.12. The van der Waals surface area contributed by atoms with E-state index in [0.29, 0.717) is 17.3 Å². The standard InChI is InChI=1S/C13H14N4O5S/c1-6(18)22-4-7-5-23-11-8(16-13-14-2-3-15-13)10(19)17(11)9(7)12(20)21/h2-3,8,11H,4-5H2,1H3,(H,20,21)(H2,14,15,16)/t8?,11-/m1/s1. The first-order chi connectivity index (χ1) is 11.0. The Labute approximate surface area is 135 Å². The molecule has 2 aliphatic heterocycles. The van der Waals surface area contributed by atoms with Crippen LogP contribution in [-0.2, 0) is 19.1 Å². The molecule has 2 atom stereocenters. The summed E-state index contributed by atoms with van der Waals surface area (Å²) in [5, 5.41) is 12.0. The second-order valence-electron chi connectivity index (χ2n) is 5.01. The molecule has 1 saturated heterocycles. The van der Waals surface area contributed by atoms with Crippen molar-refractivity contribution in [3.05, 3.63) is 23.7 Å². The number of thioether (sulfide) groups is 1. The molecule has 0 aliphatic carbocycles. The van der Waals surface area contributed by atoms with Crippen LogP contribution in [0, 0.1) is 0 Å². The number of hydrogen-bond acceptors (Lipinski definition) is 7. The van der Waals surface area contributed by atoms with Gasteiger partial charge in [-0.15, -0.1) is 11.8 Å². The van der Waals surface area contributed by atoms with Gasteiger partial charge in [0, 0.05) is 30.6 Å². The van der Waals surface area contributed by atoms with Crippen molar-refractivity contribution in [2.24, 2.45) is 0 Å². The number of hydrogen-bond donors (Lipinski definition) is 3. The van der Waals surface area contributed by atoms with E-state index < -0.39 is 18.0 Å². The molecule has 0 spiro atoms. The van der Waals surface area contributed by atoms with Crippen molar-refractivity contribution in [3.8, 4) is 0 Å². The Kier molecular flexibility index (Phi) is 3.99. The van der Waals surface area contributed by atoms with Crippen LogP contribution in [0.1, 0.15) is 6.92 Å². The number of rotatable bonds is 5. The van der Waals surface area contributed by atoms with Crippen LogP contribution in [0.3, 0.4) is 0 Å². The van der Waals surface area contributed by atoms with Crippen LogP contribution >= 0.6 is 11.8 Å². The van der Waals surface area contributed by atoms with Crippen molar-refractivity contribution >= 4 is 35.6 Å². The quantitative estimate of drug-likeness (QED) is 0.506. The third-order valence-electron chi connectivity index (χ3n) is 3.49. The largest absolute Gasteiger partial charge is 0.477 e. The number of anilines is 1. The average molecular weight is 338 g/mol. The van der Waals surface area contributed by atoms with Gasteiger partial charge in [-0.05, 0) is 0 Å². The maximum atomic E-state index is 12.3. The van der Waals surface area contributed by atoms with Crippen molar-refractivity contribution in [1.82, 2.24) is 14.9 Å². The number of carbonyl (C=O) groups is 3. The van der Waals surface area contributed by atoms with Gasteiger partial charge in [0.1, 0.15) is 23.7 Å². The van der Waals surface area contributed by atoms with Crippen molar-refractivity contribution in [1.29, 1.82) is 0 Å². The molecular weight excluding hydrogens is 324 g/mol. The van der Waals surface area contributed by atoms with E-state index in [2.05, 4.69) is 15.3 Å². The number of β-lactam (4-membered cyclic amide) rings is 1. The fourth-order valence-electron chi connectivity index (χ4n) is 2.47. The highest BCUT2D eigenvalue weighted by atomic mass is 32.2. The average Bonchev–Trinajstić information content (AvgIpc) is 3.02. The second-order valence-corrected chi connectivity index (χ2v) is 6.11. The molecule has 3 rings (SSSR count). The molecular formula is C13H14N4O5S. The lowest BCUT2D eigenvalue weighted by atomic mass is 10.0. The first kappa shape index (κ1) is 15.4. The predicted octanol–water partition coefficient (Wildman–Crippen LogP) is 0.00710. The molecule has 122 valence electrons. The van der Waals surface area contributed by atoms with E-state index in [9.17, 15) is 19.5 Å². The summed E-state index contributed by atoms with van der Waals surface area (Å²) < 4.78 is 4.87. The minimum Gasteiger partial charge on any atom is -0.477 e. The maximum Gasteiger partial charge on any atom is 0.352 e. The summed E-state index contributed by atoms with van der Waals surface area (Å²) in [4.78, 5) is 42.8. The smallest absolute Gasteiger partial charge is 0.352 e. The predicted molar refractivity (Wildman–Crippen MR) is 80.4 cm³/mol. The lowest BCUT2D eigenvalue weighted by Crippen LogP contribution is -2.67. The Morgan fingerprint density at radius 2 is 2.39 bits per heavy atom. The van der Waals surface area contributed by atoms with Gasteiger partial charge in [0.05, 0.1) is 0 Å². The Bertz CT molecular complexity index is 687. The van der Waals surface area contributed by atoms with Gasteiger partial charge in [0.2, 0.25) is 5.95 Å². The number of aromatic amines is 1. The van der Waals surface area contributed by atoms with Gasteiger partial charge in [-0.25, -0.2) is 9.78 Å². The number of aliphatic carboxylic acids is 1. The molecule has 23 heavy (non-hydrogen) atoms. The molecule has 9 nitrogen and oxygen atoms in total. The molecule has 0 radical (unpaired) electrons. The summed E-state index contributed by atoms with van der Waals surface area (Å²) in [7, 11) is 0. The monoisotopic (exact) mass is 338 g/mol. The van der Waals surface area contributed by atoms with Crippen LogP contribution in [0.2, 0.25) is 0 Å². The van der Waals surface area contributed by atoms with E-state index in [0.717, 1.165) is 0 Å². The maximum absolute atomic E-state index is 12.3. The Hall–Kier alpha value is -2.49. The number of H-pyrrole nitrogens is 1. The van der Waals surface area contributed by atoms with Crippen molar-refractivity contribution in [2.75, 3.05) is 17.7 Å². The molecule has 0 aromatic carbocycles. The highest BCUT2D eigenvalue weighted by Gasteiger charge is 2.53. The molecule has 1 aromatic rings. The minimum atomic E-state index is -1.21. The highest BCUT2D eigenvalue weighted by Crippen LogP contribution is 2.41. The van der Waals surface area contributed by atoms with Crippen LogP contribution in [0.15, 0.2) is 23.7 Å². The molecule has 2 aliphatic rings. The zero-order valence-corrected chi connectivity index (χ0v) is 12.9. The van der Waals surface area contributed by atoms with E-state index >= 15 is 0 Å². The van der Waals surface area contributed by atoms with Crippen molar-refractivity contribution in [3.63, 3.8) is 0 Å². The lowest BCUT2D eigenvalue weighted by Gasteiger charge is -2.49. The summed E-state index contributed by atoms with van der Waals surface area (Å²) in [6, 6.07) is -0.546. The number of esters is 1. The number of amides is 1. The SMILES string of the molecule is CC(=O)OCC1=C(C(=O)O)N2C(=O)C(Nc3ncc[nH]3)[C@H]2SC1. The van der Waals surface area contributed by atoms with Gasteiger partial charge in [0.25, 0.3) is 5.91 Å². The zero-order valence-electron chi connectivity index (χ0n) is 12.1. The van der Waals surface area contributed by atoms with Crippen LogP contribution in [0.5, 0.6) is 0 Å². The van der Waals surface area contributed by atoms with E-state index in [4.69, 9.17) is 4.74 Å². The summed E-state index contributed by atoms with van der Waals surface area (Å²) in [5.41, 5.74) is 0.316. The normalized spacial score (nSPS) is 23.2. The summed E-state index contributed by atoms with van der Waals surface area (Å²) in [6.07, 6.45) is 3.17. The molecule has 1 aromatic heterocycles. The van der Waals surface area contributed by atoms with Crippen molar-refractivity contribution < 1.29 is 24.2 Å². The highest BCUT2D eigenvalue weighted by molar-refractivity contribution is 8.00. The number of nitrogens with one attached hydrogen (secondary N) is 2. The number of imidazole rings is 1. The number of carboxylic acids is 1. The summed E-state index contributed by atoms with van der Waals surface area (Å²) >= 11 is 1.42. The van der Waals surface area contributed by atoms with E-state index in [1.54, 1.807) is 12.4 Å². The number of nitrogens with zero attached hydrogens (tertiary/aromatic N) is 2. The molecule has 1 unspecified atom stereocenters. The first-order valence-electron chi connectivity index (χ1n) is 6.78. The van der Waals surface area contributed by atoms with Gasteiger partial charge in [-0.1, -0.05) is 0 Å². The third-order valence-corrected chi connectivity index (χ3v) is 4.83. The summed E-state index contributed by atoms with van der Waals surface area (Å²) in [5.74, 6) is -1.23. The van der Waals surface area contributed by atoms with Crippen LogP contribution in [0.25, 0.3) is 0 Å². The molecule has 3 N–H and O–H groups in total. The number of carbonyl (C=O) groups excluding carboxylic acids is 2. The molecule has 0 saturated carbocycles. The number of aromatic nitrogens is 2. The first-order valence-corrected chi connectivity index (χ1v) is 7.83. The number of ether oxygens (including phenoxy) is 1. The lowest BCUT2D eigenvalue weighted by molar-refractivity contribution is -0.147. The molecule has 10 heteroatoms. The fourth-order valence-corrected chi connectivity index (χ4v) is 3.80. The van der Waals surface area contributed by atoms with Gasteiger partial charge >= 0.3 is 11.9 Å². The zero-order chi connectivity index (χ0) is 16.6. The van der Waals surface area contributed by atoms with Gasteiger partial charge in [-0.3, -0.25) is 14.5 Å². The van der Waals surface area contributed by atoms with Gasteiger partial charge in [0.15, 0.2) is 0 Å². The second kappa shape index (κ2) is 5.95. The fraction of sp³-hybridized carbons (Fsp3) is 0.385. The van der Waals surface area contributed by atoms with Crippen molar-refractivity contribution in [2.45, 2.75) is 18.3 Å². The minimum absolute atomic E-state index is 0.0995. The molecule has 0 bridgehead atoms. The molecule has 1 amide bonds. The van der Waals surface area contributed by atoms with Gasteiger partial charge in [-0.2, -0.15) is 0 Å². The van der Waals surface area contributed by atoms with E-state index in [-0.39, 0.29) is 23.6 Å². The number of carboxylic acid groups (broad SMARTS) is 1. The Morgan fingerprint density at radius 1 is 1.61 bits per heavy atom. The van der Waals surface area contributed by atoms with E-state index in [1.165, 1.54) is 23.6 Å². The van der Waals surface area contributed by atoms with Crippen LogP contribution in [0.4, 0.5) is 5.95 Å². The Morgan fingerprint density at radius 3 is 3.00 bits per heavy atom. The third kappa shape index (κ3) is 2.77.